The molecule has 0 radical (unpaired) electrons. The maximum absolute atomic E-state index is 14.9. The van der Waals surface area contributed by atoms with Crippen molar-refractivity contribution in [3.63, 3.8) is 0 Å². The van der Waals surface area contributed by atoms with Gasteiger partial charge in [-0.3, -0.25) is 0 Å². The fourth-order valence-corrected chi connectivity index (χ4v) is 5.28. The topological polar surface area (TPSA) is 78.9 Å². The number of carbonyl (C=O) groups excluding carboxylic acids is 1. The zero-order valence-electron chi connectivity index (χ0n) is 21.3. The van der Waals surface area contributed by atoms with E-state index < -0.39 is 29.6 Å². The van der Waals surface area contributed by atoms with Crippen molar-refractivity contribution in [1.29, 1.82) is 0 Å². The SMILES string of the molecule is C[C@@H](NC[C@H]1CN(C(=O)Oc2ccc(C(=O)O)cc2)C[C@@H]1c1cccc(F)c1F)c1cccc2ccccc12. The van der Waals surface area contributed by atoms with Crippen LogP contribution in [0, 0.1) is 17.6 Å². The summed E-state index contributed by atoms with van der Waals surface area (Å²) in [7, 11) is 0. The molecule has 5 rings (SSSR count). The average Bonchev–Trinajstić information content (AvgIpc) is 3.37. The second kappa shape index (κ2) is 11.2. The number of amides is 1. The Morgan fingerprint density at radius 1 is 0.974 bits per heavy atom. The van der Waals surface area contributed by atoms with Gasteiger partial charge in [-0.15, -0.1) is 0 Å². The first kappa shape index (κ1) is 26.3. The molecular weight excluding hydrogens is 502 g/mol. The third-order valence-corrected chi connectivity index (χ3v) is 7.36. The van der Waals surface area contributed by atoms with Crippen molar-refractivity contribution in [3.05, 3.63) is 113 Å². The van der Waals surface area contributed by atoms with Gasteiger partial charge >= 0.3 is 12.1 Å². The van der Waals surface area contributed by atoms with Crippen LogP contribution in [0.3, 0.4) is 0 Å². The average molecular weight is 531 g/mol. The summed E-state index contributed by atoms with van der Waals surface area (Å²) in [5, 5.41) is 14.9. The second-order valence-corrected chi connectivity index (χ2v) is 9.81. The summed E-state index contributed by atoms with van der Waals surface area (Å²) in [6.45, 7) is 2.95. The summed E-state index contributed by atoms with van der Waals surface area (Å²) in [5.74, 6) is -3.38. The maximum atomic E-state index is 14.9. The van der Waals surface area contributed by atoms with Crippen LogP contribution in [0.1, 0.15) is 40.4 Å². The summed E-state index contributed by atoms with van der Waals surface area (Å²) >= 11 is 0. The number of benzene rings is 4. The van der Waals surface area contributed by atoms with Crippen LogP contribution in [0.2, 0.25) is 0 Å². The van der Waals surface area contributed by atoms with Crippen molar-refractivity contribution in [2.45, 2.75) is 18.9 Å². The molecule has 2 N–H and O–H groups in total. The van der Waals surface area contributed by atoms with Gasteiger partial charge in [-0.2, -0.15) is 0 Å². The van der Waals surface area contributed by atoms with E-state index in [0.29, 0.717) is 6.54 Å². The second-order valence-electron chi connectivity index (χ2n) is 9.81. The molecule has 1 fully saturated rings. The summed E-state index contributed by atoms with van der Waals surface area (Å²) in [6.07, 6.45) is -0.635. The minimum Gasteiger partial charge on any atom is -0.478 e. The molecule has 0 unspecified atom stereocenters. The van der Waals surface area contributed by atoms with Gasteiger partial charge < -0.3 is 20.1 Å². The molecule has 1 aliphatic heterocycles. The molecule has 39 heavy (non-hydrogen) atoms. The van der Waals surface area contributed by atoms with Gasteiger partial charge in [0.15, 0.2) is 11.6 Å². The number of rotatable bonds is 7. The van der Waals surface area contributed by atoms with Gasteiger partial charge in [0.25, 0.3) is 0 Å². The highest BCUT2D eigenvalue weighted by Gasteiger charge is 2.38. The highest BCUT2D eigenvalue weighted by molar-refractivity contribution is 5.88. The molecule has 3 atom stereocenters. The summed E-state index contributed by atoms with van der Waals surface area (Å²) in [4.78, 5) is 25.6. The van der Waals surface area contributed by atoms with E-state index in [1.54, 1.807) is 6.07 Å². The number of fused-ring (bicyclic) bond motifs is 1. The Balaban J connectivity index is 1.34. The van der Waals surface area contributed by atoms with Crippen molar-refractivity contribution in [2.75, 3.05) is 19.6 Å². The summed E-state index contributed by atoms with van der Waals surface area (Å²) in [5.41, 5.74) is 1.42. The Hall–Kier alpha value is -4.30. The lowest BCUT2D eigenvalue weighted by Gasteiger charge is -2.23. The zero-order chi connectivity index (χ0) is 27.5. The van der Waals surface area contributed by atoms with Crippen molar-refractivity contribution in [1.82, 2.24) is 10.2 Å². The van der Waals surface area contributed by atoms with Gasteiger partial charge in [-0.05, 0) is 65.1 Å². The molecule has 0 bridgehead atoms. The molecule has 4 aromatic carbocycles. The van der Waals surface area contributed by atoms with Crippen LogP contribution in [-0.2, 0) is 0 Å². The third-order valence-electron chi connectivity index (χ3n) is 7.36. The van der Waals surface area contributed by atoms with Crippen LogP contribution in [0.5, 0.6) is 5.75 Å². The quantitative estimate of drug-likeness (QED) is 0.290. The number of hydrogen-bond donors (Lipinski definition) is 2. The minimum atomic E-state index is -1.08. The highest BCUT2D eigenvalue weighted by Crippen LogP contribution is 2.35. The standard InChI is InChI=1S/C31H28F2N2O4/c1-19(24-9-4-7-20-6-2-3-8-25(20)24)34-16-22-17-35(18-27(22)26-10-5-11-28(32)29(26)33)31(38)39-23-14-12-21(13-15-23)30(36)37/h2-15,19,22,27,34H,16-18H2,1H3,(H,36,37)/t19-,22+,27+/m1/s1. The lowest BCUT2D eigenvalue weighted by Crippen LogP contribution is -2.33. The maximum Gasteiger partial charge on any atom is 0.415 e. The first-order valence-corrected chi connectivity index (χ1v) is 12.8. The largest absolute Gasteiger partial charge is 0.478 e. The number of likely N-dealkylation sites (tertiary alicyclic amines) is 1. The van der Waals surface area contributed by atoms with E-state index in [-0.39, 0.29) is 41.9 Å². The van der Waals surface area contributed by atoms with Crippen molar-refractivity contribution >= 4 is 22.8 Å². The predicted octanol–water partition coefficient (Wildman–Crippen LogP) is 6.38. The van der Waals surface area contributed by atoms with Crippen LogP contribution >= 0.6 is 0 Å². The van der Waals surface area contributed by atoms with Gasteiger partial charge in [-0.25, -0.2) is 18.4 Å². The summed E-state index contributed by atoms with van der Waals surface area (Å²) in [6, 6.07) is 23.9. The first-order chi connectivity index (χ1) is 18.8. The number of nitrogens with one attached hydrogen (secondary N) is 1. The number of carboxylic acid groups (broad SMARTS) is 1. The zero-order valence-corrected chi connectivity index (χ0v) is 21.3. The molecule has 8 heteroatoms. The predicted molar refractivity (Wildman–Crippen MR) is 144 cm³/mol. The van der Waals surface area contributed by atoms with E-state index in [1.807, 2.05) is 18.2 Å². The van der Waals surface area contributed by atoms with E-state index in [0.717, 1.165) is 22.4 Å². The highest BCUT2D eigenvalue weighted by atomic mass is 19.2. The fourth-order valence-electron chi connectivity index (χ4n) is 5.28. The Bertz CT molecular complexity index is 1500. The summed E-state index contributed by atoms with van der Waals surface area (Å²) < 4.78 is 34.5. The molecule has 6 nitrogen and oxygen atoms in total. The Morgan fingerprint density at radius 3 is 2.46 bits per heavy atom. The lowest BCUT2D eigenvalue weighted by molar-refractivity contribution is 0.0697. The number of nitrogens with zero attached hydrogens (tertiary/aromatic N) is 1. The number of carbonyl (C=O) groups is 2. The third kappa shape index (κ3) is 5.61. The van der Waals surface area contributed by atoms with Gasteiger partial charge in [0, 0.05) is 31.6 Å². The van der Waals surface area contributed by atoms with Crippen LogP contribution in [-0.4, -0.2) is 41.7 Å². The van der Waals surface area contributed by atoms with E-state index in [4.69, 9.17) is 9.84 Å². The Labute approximate surface area is 224 Å². The van der Waals surface area contributed by atoms with Gasteiger partial charge in [-0.1, -0.05) is 54.6 Å². The van der Waals surface area contributed by atoms with Crippen LogP contribution in [0.4, 0.5) is 13.6 Å². The Kier molecular flexibility index (Phi) is 7.56. The molecule has 0 aromatic heterocycles. The van der Waals surface area contributed by atoms with Crippen LogP contribution < -0.4 is 10.1 Å². The molecular formula is C31H28F2N2O4. The molecule has 0 saturated carbocycles. The number of hydrogen-bond acceptors (Lipinski definition) is 4. The number of aromatic carboxylic acids is 1. The normalized spacial score (nSPS) is 17.8. The Morgan fingerprint density at radius 2 is 1.69 bits per heavy atom. The molecule has 200 valence electrons. The van der Waals surface area contributed by atoms with Crippen molar-refractivity contribution in [3.8, 4) is 5.75 Å². The van der Waals surface area contributed by atoms with Crippen molar-refractivity contribution < 1.29 is 28.2 Å². The molecule has 0 spiro atoms. The van der Waals surface area contributed by atoms with E-state index in [2.05, 4.69) is 36.5 Å². The fraction of sp³-hybridized carbons (Fsp3) is 0.226. The van der Waals surface area contributed by atoms with E-state index >= 15 is 0 Å². The molecule has 0 aliphatic carbocycles. The van der Waals surface area contributed by atoms with E-state index in [1.165, 1.54) is 35.2 Å². The number of carboxylic acids is 1. The number of ether oxygens (including phenoxy) is 1. The van der Waals surface area contributed by atoms with Gasteiger partial charge in [0.2, 0.25) is 0 Å². The smallest absolute Gasteiger partial charge is 0.415 e. The number of halogens is 2. The van der Waals surface area contributed by atoms with E-state index in [9.17, 15) is 18.4 Å². The van der Waals surface area contributed by atoms with Gasteiger partial charge in [0.05, 0.1) is 5.56 Å². The van der Waals surface area contributed by atoms with Crippen LogP contribution in [0.25, 0.3) is 10.8 Å². The van der Waals surface area contributed by atoms with Crippen LogP contribution in [0.15, 0.2) is 84.9 Å². The molecule has 1 amide bonds. The van der Waals surface area contributed by atoms with Crippen molar-refractivity contribution in [2.24, 2.45) is 5.92 Å². The molecule has 4 aromatic rings. The molecule has 1 aliphatic rings. The monoisotopic (exact) mass is 530 g/mol. The molecule has 1 heterocycles. The first-order valence-electron chi connectivity index (χ1n) is 12.8. The lowest BCUT2D eigenvalue weighted by atomic mass is 9.88. The molecule has 1 saturated heterocycles. The minimum absolute atomic E-state index is 0.0251. The van der Waals surface area contributed by atoms with Gasteiger partial charge in [0.1, 0.15) is 5.75 Å².